The Kier molecular flexibility index (Phi) is 5.34. The largest absolute Gasteiger partial charge is 0.294 e. The SMILES string of the molecule is Cn1cc(-n2nc(-c3cccc(CCNS(=O)O)c3)c3ccccc3c2=O)cn1. The molecule has 2 aromatic carbocycles. The summed E-state index contributed by atoms with van der Waals surface area (Å²) in [7, 11) is 1.79. The first kappa shape index (κ1) is 19.2. The molecule has 2 N–H and O–H groups in total. The van der Waals surface area contributed by atoms with Gasteiger partial charge >= 0.3 is 0 Å². The van der Waals surface area contributed by atoms with Crippen LogP contribution in [0.5, 0.6) is 0 Å². The van der Waals surface area contributed by atoms with Gasteiger partial charge in [-0.25, -0.2) is 8.93 Å². The zero-order valence-electron chi connectivity index (χ0n) is 15.6. The first-order chi connectivity index (χ1) is 14.0. The molecule has 0 fully saturated rings. The Morgan fingerprint density at radius 2 is 1.93 bits per heavy atom. The Morgan fingerprint density at radius 3 is 2.66 bits per heavy atom. The van der Waals surface area contributed by atoms with E-state index in [-0.39, 0.29) is 5.56 Å². The molecule has 0 saturated carbocycles. The van der Waals surface area contributed by atoms with Crippen molar-refractivity contribution in [1.29, 1.82) is 0 Å². The zero-order valence-corrected chi connectivity index (χ0v) is 16.5. The van der Waals surface area contributed by atoms with Crippen molar-refractivity contribution >= 4 is 22.0 Å². The van der Waals surface area contributed by atoms with E-state index in [2.05, 4.69) is 14.9 Å². The lowest BCUT2D eigenvalue weighted by atomic mass is 10.0. The van der Waals surface area contributed by atoms with E-state index in [4.69, 9.17) is 4.55 Å². The fourth-order valence-electron chi connectivity index (χ4n) is 3.25. The normalized spacial score (nSPS) is 12.3. The van der Waals surface area contributed by atoms with E-state index in [9.17, 15) is 9.00 Å². The minimum Gasteiger partial charge on any atom is -0.294 e. The second-order valence-electron chi connectivity index (χ2n) is 6.58. The van der Waals surface area contributed by atoms with Crippen molar-refractivity contribution in [1.82, 2.24) is 24.3 Å². The molecule has 148 valence electrons. The molecule has 0 spiro atoms. The number of hydrogen-bond donors (Lipinski definition) is 2. The molecule has 0 aliphatic carbocycles. The van der Waals surface area contributed by atoms with Crippen LogP contribution in [0.1, 0.15) is 5.56 Å². The molecule has 0 aliphatic heterocycles. The van der Waals surface area contributed by atoms with Gasteiger partial charge in [0.1, 0.15) is 5.69 Å². The van der Waals surface area contributed by atoms with E-state index < -0.39 is 11.3 Å². The summed E-state index contributed by atoms with van der Waals surface area (Å²) in [4.78, 5) is 13.0. The molecule has 0 saturated heterocycles. The van der Waals surface area contributed by atoms with Gasteiger partial charge in [0.05, 0.1) is 23.5 Å². The molecule has 29 heavy (non-hydrogen) atoms. The highest BCUT2D eigenvalue weighted by Crippen LogP contribution is 2.26. The third kappa shape index (κ3) is 4.02. The minimum atomic E-state index is -2.03. The van der Waals surface area contributed by atoms with E-state index in [1.165, 1.54) is 4.68 Å². The van der Waals surface area contributed by atoms with Crippen molar-refractivity contribution < 1.29 is 8.76 Å². The molecule has 4 rings (SSSR count). The van der Waals surface area contributed by atoms with Gasteiger partial charge in [-0.1, -0.05) is 36.4 Å². The Bertz CT molecular complexity index is 1260. The zero-order chi connectivity index (χ0) is 20.4. The second kappa shape index (κ2) is 8.08. The van der Waals surface area contributed by atoms with E-state index in [1.54, 1.807) is 30.2 Å². The van der Waals surface area contributed by atoms with Crippen LogP contribution in [-0.4, -0.2) is 34.9 Å². The van der Waals surface area contributed by atoms with Gasteiger partial charge in [0.15, 0.2) is 0 Å². The maximum absolute atomic E-state index is 13.0. The Labute approximate surface area is 169 Å². The Balaban J connectivity index is 1.84. The fourth-order valence-corrected chi connectivity index (χ4v) is 3.53. The van der Waals surface area contributed by atoms with Gasteiger partial charge in [-0.2, -0.15) is 14.9 Å². The number of fused-ring (bicyclic) bond motifs is 1. The molecule has 0 amide bonds. The van der Waals surface area contributed by atoms with Crippen LogP contribution < -0.4 is 10.3 Å². The van der Waals surface area contributed by atoms with Gasteiger partial charge in [0.25, 0.3) is 5.56 Å². The monoisotopic (exact) mass is 409 g/mol. The van der Waals surface area contributed by atoms with Crippen LogP contribution in [0, 0.1) is 0 Å². The summed E-state index contributed by atoms with van der Waals surface area (Å²) >= 11 is -2.03. The molecule has 1 unspecified atom stereocenters. The van der Waals surface area contributed by atoms with Crippen LogP contribution in [0.25, 0.3) is 27.7 Å². The highest BCUT2D eigenvalue weighted by atomic mass is 32.2. The van der Waals surface area contributed by atoms with E-state index >= 15 is 0 Å². The second-order valence-corrected chi connectivity index (χ2v) is 7.36. The number of aromatic nitrogens is 4. The average molecular weight is 409 g/mol. The molecule has 9 heteroatoms. The van der Waals surface area contributed by atoms with E-state index in [1.807, 2.05) is 42.5 Å². The first-order valence-electron chi connectivity index (χ1n) is 8.98. The van der Waals surface area contributed by atoms with Gasteiger partial charge in [0.2, 0.25) is 11.3 Å². The maximum Gasteiger partial charge on any atom is 0.279 e. The van der Waals surface area contributed by atoms with Crippen LogP contribution in [0.4, 0.5) is 0 Å². The van der Waals surface area contributed by atoms with Crippen molar-refractivity contribution in [2.45, 2.75) is 6.42 Å². The van der Waals surface area contributed by atoms with Crippen molar-refractivity contribution in [3.63, 3.8) is 0 Å². The predicted octanol–water partition coefficient (Wildman–Crippen LogP) is 2.05. The van der Waals surface area contributed by atoms with Gasteiger partial charge in [-0.3, -0.25) is 14.0 Å². The van der Waals surface area contributed by atoms with Crippen LogP contribution in [0.3, 0.4) is 0 Å². The number of nitrogens with zero attached hydrogens (tertiary/aromatic N) is 4. The van der Waals surface area contributed by atoms with Crippen molar-refractivity contribution in [3.8, 4) is 16.9 Å². The lowest BCUT2D eigenvalue weighted by Gasteiger charge is -2.11. The predicted molar refractivity (Wildman–Crippen MR) is 112 cm³/mol. The van der Waals surface area contributed by atoms with Crippen molar-refractivity contribution in [3.05, 3.63) is 76.8 Å². The molecule has 0 bridgehead atoms. The summed E-state index contributed by atoms with van der Waals surface area (Å²) in [5, 5.41) is 10.1. The summed E-state index contributed by atoms with van der Waals surface area (Å²) in [5.74, 6) is 0. The van der Waals surface area contributed by atoms with Gasteiger partial charge < -0.3 is 0 Å². The molecule has 0 aliphatic rings. The highest BCUT2D eigenvalue weighted by molar-refractivity contribution is 7.77. The number of aryl methyl sites for hydroxylation is 1. The van der Waals surface area contributed by atoms with Crippen LogP contribution in [-0.2, 0) is 24.7 Å². The molecular formula is C20H19N5O3S. The number of hydrogen-bond acceptors (Lipinski definition) is 4. The van der Waals surface area contributed by atoms with Gasteiger partial charge in [-0.15, -0.1) is 0 Å². The van der Waals surface area contributed by atoms with Crippen LogP contribution in [0.2, 0.25) is 0 Å². The highest BCUT2D eigenvalue weighted by Gasteiger charge is 2.14. The molecule has 1 atom stereocenters. The summed E-state index contributed by atoms with van der Waals surface area (Å²) in [6, 6.07) is 15.2. The van der Waals surface area contributed by atoms with E-state index in [0.717, 1.165) is 16.5 Å². The smallest absolute Gasteiger partial charge is 0.279 e. The fraction of sp³-hybridized carbons (Fsp3) is 0.150. The topological polar surface area (TPSA) is 102 Å². The molecule has 8 nitrogen and oxygen atoms in total. The van der Waals surface area contributed by atoms with E-state index in [0.29, 0.717) is 29.7 Å². The van der Waals surface area contributed by atoms with Crippen molar-refractivity contribution in [2.24, 2.45) is 7.05 Å². The maximum atomic E-state index is 13.0. The van der Waals surface area contributed by atoms with Crippen LogP contribution in [0.15, 0.2) is 65.7 Å². The summed E-state index contributed by atoms with van der Waals surface area (Å²) in [5.41, 5.74) is 2.93. The minimum absolute atomic E-state index is 0.205. The Morgan fingerprint density at radius 1 is 1.14 bits per heavy atom. The lowest BCUT2D eigenvalue weighted by molar-refractivity contribution is 0.549. The number of rotatable bonds is 6. The first-order valence-corrected chi connectivity index (χ1v) is 10.1. The van der Waals surface area contributed by atoms with Crippen LogP contribution >= 0.6 is 0 Å². The summed E-state index contributed by atoms with van der Waals surface area (Å²) in [6.45, 7) is 0.371. The summed E-state index contributed by atoms with van der Waals surface area (Å²) in [6.07, 6.45) is 3.93. The molecule has 2 aromatic heterocycles. The molecular weight excluding hydrogens is 390 g/mol. The quantitative estimate of drug-likeness (QED) is 0.475. The third-order valence-electron chi connectivity index (χ3n) is 4.58. The van der Waals surface area contributed by atoms with Gasteiger partial charge in [0, 0.05) is 24.5 Å². The third-order valence-corrected chi connectivity index (χ3v) is 5.03. The lowest BCUT2D eigenvalue weighted by Crippen LogP contribution is -2.22. The molecule has 0 radical (unpaired) electrons. The Hall–Kier alpha value is -3.14. The average Bonchev–Trinajstić information content (AvgIpc) is 3.14. The molecule has 4 aromatic rings. The van der Waals surface area contributed by atoms with Gasteiger partial charge in [-0.05, 0) is 24.1 Å². The van der Waals surface area contributed by atoms with Crippen molar-refractivity contribution in [2.75, 3.05) is 6.54 Å². The summed E-state index contributed by atoms with van der Waals surface area (Å²) < 4.78 is 25.1. The standard InChI is InChI=1S/C20H19N5O3S/c1-24-13-16(12-21-24)25-20(26)18-8-3-2-7-17(18)19(23-25)15-6-4-5-14(11-15)9-10-22-29(27)28/h2-8,11-13,22H,9-10H2,1H3,(H,27,28). The molecule has 2 heterocycles. The number of benzene rings is 2. The number of nitrogens with one attached hydrogen (secondary N) is 1.